The van der Waals surface area contributed by atoms with Gasteiger partial charge < -0.3 is 9.47 Å². The van der Waals surface area contributed by atoms with Gasteiger partial charge in [0.25, 0.3) is 10.1 Å². The standard InChI is InChI=1S/C18H34O7S/c1-3-5-7-9-11-13-24-17(19)15-16(26(21,22)23)18(20)25-14-12-10-8-6-4-2/h16H,3-15H2,1-2H3,(H,21,22,23). The first-order valence-corrected chi connectivity index (χ1v) is 11.1. The van der Waals surface area contributed by atoms with Gasteiger partial charge in [-0.15, -0.1) is 0 Å². The maximum absolute atomic E-state index is 11.9. The second-order valence-corrected chi connectivity index (χ2v) is 8.02. The molecule has 0 heterocycles. The molecular weight excluding hydrogens is 360 g/mol. The van der Waals surface area contributed by atoms with Crippen LogP contribution in [-0.4, -0.2) is 43.4 Å². The quantitative estimate of drug-likeness (QED) is 0.242. The highest BCUT2D eigenvalue weighted by molar-refractivity contribution is 7.87. The van der Waals surface area contributed by atoms with Crippen molar-refractivity contribution in [2.75, 3.05) is 13.2 Å². The van der Waals surface area contributed by atoms with Crippen molar-refractivity contribution in [1.82, 2.24) is 0 Å². The molecule has 8 heteroatoms. The number of hydrogen-bond acceptors (Lipinski definition) is 6. The molecule has 0 fully saturated rings. The molecule has 0 radical (unpaired) electrons. The fourth-order valence-corrected chi connectivity index (χ4v) is 3.04. The average Bonchev–Trinajstić information content (AvgIpc) is 2.57. The summed E-state index contributed by atoms with van der Waals surface area (Å²) in [6.45, 7) is 4.43. The Hall–Kier alpha value is -1.15. The van der Waals surface area contributed by atoms with E-state index in [0.717, 1.165) is 51.4 Å². The van der Waals surface area contributed by atoms with E-state index in [4.69, 9.17) is 9.47 Å². The van der Waals surface area contributed by atoms with E-state index in [1.807, 2.05) is 0 Å². The molecule has 0 aromatic rings. The Bertz CT molecular complexity index is 488. The third kappa shape index (κ3) is 13.1. The summed E-state index contributed by atoms with van der Waals surface area (Å²) in [5, 5.41) is -1.93. The van der Waals surface area contributed by atoms with Gasteiger partial charge in [0, 0.05) is 0 Å². The largest absolute Gasteiger partial charge is 0.466 e. The van der Waals surface area contributed by atoms with E-state index < -0.39 is 33.7 Å². The predicted molar refractivity (Wildman–Crippen MR) is 99.4 cm³/mol. The smallest absolute Gasteiger partial charge is 0.327 e. The summed E-state index contributed by atoms with van der Waals surface area (Å²) < 4.78 is 41.8. The van der Waals surface area contributed by atoms with Gasteiger partial charge in [-0.1, -0.05) is 65.2 Å². The van der Waals surface area contributed by atoms with E-state index >= 15 is 0 Å². The van der Waals surface area contributed by atoms with Crippen molar-refractivity contribution in [3.8, 4) is 0 Å². The highest BCUT2D eigenvalue weighted by Crippen LogP contribution is 2.11. The Morgan fingerprint density at radius 1 is 0.808 bits per heavy atom. The van der Waals surface area contributed by atoms with Crippen LogP contribution in [0.1, 0.15) is 84.5 Å². The molecule has 0 aliphatic heterocycles. The summed E-state index contributed by atoms with van der Waals surface area (Å²) in [7, 11) is -4.73. The fraction of sp³-hybridized carbons (Fsp3) is 0.889. The number of carbonyl (C=O) groups excluding carboxylic acids is 2. The summed E-state index contributed by atoms with van der Waals surface area (Å²) in [5.41, 5.74) is 0. The Kier molecular flexibility index (Phi) is 14.3. The molecule has 0 aromatic heterocycles. The minimum Gasteiger partial charge on any atom is -0.466 e. The molecule has 0 saturated heterocycles. The maximum Gasteiger partial charge on any atom is 0.327 e. The van der Waals surface area contributed by atoms with Crippen molar-refractivity contribution < 1.29 is 32.0 Å². The zero-order valence-electron chi connectivity index (χ0n) is 16.1. The Balaban J connectivity index is 4.22. The van der Waals surface area contributed by atoms with Gasteiger partial charge in [-0.3, -0.25) is 14.1 Å². The second-order valence-electron chi connectivity index (χ2n) is 6.42. The van der Waals surface area contributed by atoms with Crippen LogP contribution in [0.15, 0.2) is 0 Å². The number of rotatable bonds is 16. The van der Waals surface area contributed by atoms with Crippen LogP contribution in [0.5, 0.6) is 0 Å². The molecule has 1 N–H and O–H groups in total. The SMILES string of the molecule is CCCCCCCOC(=O)CC(C(=O)OCCCCCCC)S(=O)(=O)O. The van der Waals surface area contributed by atoms with Crippen molar-refractivity contribution in [2.45, 2.75) is 89.7 Å². The third-order valence-electron chi connectivity index (χ3n) is 3.98. The fourth-order valence-electron chi connectivity index (χ4n) is 2.38. The zero-order chi connectivity index (χ0) is 19.8. The van der Waals surface area contributed by atoms with Gasteiger partial charge in [0.05, 0.1) is 19.6 Å². The molecule has 1 unspecified atom stereocenters. The monoisotopic (exact) mass is 394 g/mol. The van der Waals surface area contributed by atoms with E-state index in [2.05, 4.69) is 13.8 Å². The van der Waals surface area contributed by atoms with E-state index in [0.29, 0.717) is 12.8 Å². The van der Waals surface area contributed by atoms with Crippen LogP contribution in [0, 0.1) is 0 Å². The number of esters is 2. The predicted octanol–water partition coefficient (Wildman–Crippen LogP) is 3.66. The molecule has 0 amide bonds. The van der Waals surface area contributed by atoms with Crippen LogP contribution >= 0.6 is 0 Å². The summed E-state index contributed by atoms with van der Waals surface area (Å²) >= 11 is 0. The molecule has 0 spiro atoms. The van der Waals surface area contributed by atoms with Crippen LogP contribution < -0.4 is 0 Å². The van der Waals surface area contributed by atoms with E-state index in [-0.39, 0.29) is 13.2 Å². The van der Waals surface area contributed by atoms with Crippen molar-refractivity contribution in [1.29, 1.82) is 0 Å². The molecular formula is C18H34O7S. The maximum atomic E-state index is 11.9. The van der Waals surface area contributed by atoms with E-state index in [9.17, 15) is 22.6 Å². The Morgan fingerprint density at radius 2 is 1.27 bits per heavy atom. The van der Waals surface area contributed by atoms with E-state index in [1.54, 1.807) is 0 Å². The zero-order valence-corrected chi connectivity index (χ0v) is 16.9. The number of carbonyl (C=O) groups is 2. The third-order valence-corrected chi connectivity index (χ3v) is 5.06. The molecule has 0 aliphatic carbocycles. The lowest BCUT2D eigenvalue weighted by Gasteiger charge is -2.13. The minimum atomic E-state index is -4.73. The van der Waals surface area contributed by atoms with E-state index in [1.165, 1.54) is 0 Å². The highest BCUT2D eigenvalue weighted by Gasteiger charge is 2.35. The van der Waals surface area contributed by atoms with Crippen LogP contribution in [0.25, 0.3) is 0 Å². The van der Waals surface area contributed by atoms with Gasteiger partial charge in [0.2, 0.25) is 0 Å². The highest BCUT2D eigenvalue weighted by atomic mass is 32.2. The average molecular weight is 395 g/mol. The van der Waals surface area contributed by atoms with Crippen molar-refractivity contribution in [3.63, 3.8) is 0 Å². The van der Waals surface area contributed by atoms with Gasteiger partial charge >= 0.3 is 11.9 Å². The molecule has 1 atom stereocenters. The van der Waals surface area contributed by atoms with Gasteiger partial charge in [0.15, 0.2) is 5.25 Å². The first-order chi connectivity index (χ1) is 12.3. The molecule has 0 rings (SSSR count). The second kappa shape index (κ2) is 15.0. The van der Waals surface area contributed by atoms with Crippen molar-refractivity contribution in [2.24, 2.45) is 0 Å². The number of hydrogen-bond donors (Lipinski definition) is 1. The number of unbranched alkanes of at least 4 members (excludes halogenated alkanes) is 8. The Morgan fingerprint density at radius 3 is 1.73 bits per heavy atom. The lowest BCUT2D eigenvalue weighted by molar-refractivity contribution is -0.150. The normalized spacial score (nSPS) is 12.6. The molecule has 0 bridgehead atoms. The molecule has 0 saturated carbocycles. The van der Waals surface area contributed by atoms with Crippen LogP contribution in [0.3, 0.4) is 0 Å². The molecule has 0 aliphatic rings. The Labute approximate surface area is 157 Å². The van der Waals surface area contributed by atoms with Gasteiger partial charge in [-0.2, -0.15) is 8.42 Å². The van der Waals surface area contributed by atoms with Gasteiger partial charge in [-0.25, -0.2) is 0 Å². The number of ether oxygens (including phenoxy) is 2. The summed E-state index contributed by atoms with van der Waals surface area (Å²) in [6.07, 6.45) is 8.82. The van der Waals surface area contributed by atoms with Crippen molar-refractivity contribution >= 4 is 22.1 Å². The minimum absolute atomic E-state index is 0.0705. The summed E-state index contributed by atoms with van der Waals surface area (Å²) in [4.78, 5) is 23.6. The van der Waals surface area contributed by atoms with Crippen molar-refractivity contribution in [3.05, 3.63) is 0 Å². The lowest BCUT2D eigenvalue weighted by atomic mass is 10.2. The summed E-state index contributed by atoms with van der Waals surface area (Å²) in [5.74, 6) is -1.94. The van der Waals surface area contributed by atoms with Gasteiger partial charge in [-0.05, 0) is 12.8 Å². The first-order valence-electron chi connectivity index (χ1n) is 9.61. The molecule has 26 heavy (non-hydrogen) atoms. The first kappa shape index (κ1) is 24.8. The van der Waals surface area contributed by atoms with Crippen LogP contribution in [0.4, 0.5) is 0 Å². The lowest BCUT2D eigenvalue weighted by Crippen LogP contribution is -2.34. The van der Waals surface area contributed by atoms with Crippen LogP contribution in [0.2, 0.25) is 0 Å². The van der Waals surface area contributed by atoms with Crippen LogP contribution in [-0.2, 0) is 29.2 Å². The summed E-state index contributed by atoms with van der Waals surface area (Å²) in [6, 6.07) is 0. The molecule has 154 valence electrons. The van der Waals surface area contributed by atoms with Gasteiger partial charge in [0.1, 0.15) is 0 Å². The molecule has 7 nitrogen and oxygen atoms in total. The topological polar surface area (TPSA) is 107 Å². The molecule has 0 aromatic carbocycles.